The Bertz CT molecular complexity index is 1170. The number of rotatable bonds is 2. The summed E-state index contributed by atoms with van der Waals surface area (Å²) < 4.78 is 0. The molecule has 4 aromatic rings. The highest BCUT2D eigenvalue weighted by molar-refractivity contribution is 5.86. The van der Waals surface area contributed by atoms with E-state index in [1.165, 1.54) is 0 Å². The van der Waals surface area contributed by atoms with Crippen molar-refractivity contribution in [2.75, 3.05) is 0 Å². The molecule has 1 aromatic heterocycles. The topological polar surface area (TPSA) is 53.4 Å². The van der Waals surface area contributed by atoms with Gasteiger partial charge in [-0.3, -0.25) is 0 Å². The van der Waals surface area contributed by atoms with Crippen LogP contribution < -0.4 is 0 Å². The van der Waals surface area contributed by atoms with Crippen molar-refractivity contribution in [1.29, 1.82) is 0 Å². The molecule has 0 unspecified atom stereocenters. The monoisotopic (exact) mass is 351 g/mol. The Morgan fingerprint density at radius 3 is 2.26 bits per heavy atom. The molecule has 0 atom stereocenters. The molecule has 3 aromatic carbocycles. The van der Waals surface area contributed by atoms with Gasteiger partial charge in [-0.15, -0.1) is 0 Å². The molecular formula is C24H17NO2. The zero-order chi connectivity index (χ0) is 18.4. The van der Waals surface area contributed by atoms with Crippen molar-refractivity contribution in [3.8, 4) is 45.1 Å². The number of aromatic nitrogens is 1. The number of benzene rings is 3. The van der Waals surface area contributed by atoms with Crippen LogP contribution in [-0.4, -0.2) is 15.2 Å². The van der Waals surface area contributed by atoms with E-state index < -0.39 is 0 Å². The van der Waals surface area contributed by atoms with Crippen LogP contribution in [0.25, 0.3) is 33.6 Å². The number of fused-ring (bicyclic) bond motifs is 3. The molecule has 0 fully saturated rings. The van der Waals surface area contributed by atoms with Crippen molar-refractivity contribution in [3.05, 3.63) is 90.0 Å². The second-order valence-corrected chi connectivity index (χ2v) is 6.78. The van der Waals surface area contributed by atoms with Crippen LogP contribution in [0.2, 0.25) is 0 Å². The summed E-state index contributed by atoms with van der Waals surface area (Å²) >= 11 is 0. The lowest BCUT2D eigenvalue weighted by molar-refractivity contribution is 0.470. The Hall–Kier alpha value is -3.59. The highest BCUT2D eigenvalue weighted by atomic mass is 16.3. The summed E-state index contributed by atoms with van der Waals surface area (Å²) in [4.78, 5) is 4.91. The van der Waals surface area contributed by atoms with Gasteiger partial charge < -0.3 is 10.2 Å². The van der Waals surface area contributed by atoms with Gasteiger partial charge >= 0.3 is 0 Å². The number of phenols is 2. The molecule has 0 bridgehead atoms. The summed E-state index contributed by atoms with van der Waals surface area (Å²) in [5, 5.41) is 20.2. The minimum Gasteiger partial charge on any atom is -0.508 e. The lowest BCUT2D eigenvalue weighted by atomic mass is 9.96. The lowest BCUT2D eigenvalue weighted by Crippen LogP contribution is -1.94. The second kappa shape index (κ2) is 5.99. The van der Waals surface area contributed by atoms with Gasteiger partial charge in [-0.2, -0.15) is 0 Å². The molecule has 0 saturated carbocycles. The molecule has 0 saturated heterocycles. The van der Waals surface area contributed by atoms with E-state index in [2.05, 4.69) is 18.2 Å². The largest absolute Gasteiger partial charge is 0.508 e. The van der Waals surface area contributed by atoms with E-state index in [-0.39, 0.29) is 5.75 Å². The fraction of sp³-hybridized carbons (Fsp3) is 0.0417. The number of hydrogen-bond acceptors (Lipinski definition) is 3. The average Bonchev–Trinajstić information content (AvgIpc) is 3.08. The summed E-state index contributed by atoms with van der Waals surface area (Å²) in [5.74, 6) is 0.525. The molecule has 27 heavy (non-hydrogen) atoms. The third-order valence-corrected chi connectivity index (χ3v) is 5.11. The summed E-state index contributed by atoms with van der Waals surface area (Å²) in [5.41, 5.74) is 7.82. The van der Waals surface area contributed by atoms with E-state index in [1.54, 1.807) is 18.2 Å². The van der Waals surface area contributed by atoms with Gasteiger partial charge in [-0.25, -0.2) is 4.98 Å². The summed E-state index contributed by atoms with van der Waals surface area (Å²) in [6.07, 6.45) is 0.662. The molecule has 1 aliphatic rings. The molecule has 0 amide bonds. The Labute approximate surface area is 157 Å². The maximum atomic E-state index is 10.3. The van der Waals surface area contributed by atoms with E-state index in [9.17, 15) is 10.2 Å². The van der Waals surface area contributed by atoms with Crippen LogP contribution in [0.1, 0.15) is 11.1 Å². The molecular weight excluding hydrogens is 334 g/mol. The van der Waals surface area contributed by atoms with Crippen molar-refractivity contribution in [3.63, 3.8) is 0 Å². The average molecular weight is 351 g/mol. The summed E-state index contributed by atoms with van der Waals surface area (Å²) in [6.45, 7) is 0. The zero-order valence-corrected chi connectivity index (χ0v) is 14.6. The minimum absolute atomic E-state index is 0.217. The van der Waals surface area contributed by atoms with Crippen molar-refractivity contribution in [2.45, 2.75) is 6.42 Å². The van der Waals surface area contributed by atoms with Gasteiger partial charge in [0.15, 0.2) is 0 Å². The van der Waals surface area contributed by atoms with E-state index in [1.807, 2.05) is 42.5 Å². The van der Waals surface area contributed by atoms with Gasteiger partial charge in [0.05, 0.1) is 11.4 Å². The zero-order valence-electron chi connectivity index (χ0n) is 14.6. The predicted molar refractivity (Wildman–Crippen MR) is 107 cm³/mol. The predicted octanol–water partition coefficient (Wildman–Crippen LogP) is 5.40. The van der Waals surface area contributed by atoms with Gasteiger partial charge in [0.25, 0.3) is 0 Å². The maximum Gasteiger partial charge on any atom is 0.119 e. The molecule has 1 heterocycles. The van der Waals surface area contributed by atoms with Crippen LogP contribution in [0.15, 0.2) is 78.9 Å². The van der Waals surface area contributed by atoms with Crippen LogP contribution >= 0.6 is 0 Å². The Balaban J connectivity index is 1.80. The second-order valence-electron chi connectivity index (χ2n) is 6.78. The Morgan fingerprint density at radius 1 is 0.667 bits per heavy atom. The third kappa shape index (κ3) is 2.56. The van der Waals surface area contributed by atoms with Gasteiger partial charge in [0.1, 0.15) is 11.5 Å². The fourth-order valence-electron chi connectivity index (χ4n) is 3.82. The summed E-state index contributed by atoms with van der Waals surface area (Å²) in [7, 11) is 0. The van der Waals surface area contributed by atoms with Crippen molar-refractivity contribution >= 4 is 0 Å². The first-order chi connectivity index (χ1) is 13.2. The Kier molecular flexibility index (Phi) is 3.47. The van der Waals surface area contributed by atoms with Gasteiger partial charge in [0.2, 0.25) is 0 Å². The highest BCUT2D eigenvalue weighted by Gasteiger charge is 2.26. The SMILES string of the molecule is Oc1cccc(-c2cc(-c3ccccc3)c3c(n2)-c2cccc(O)c2C3)c1. The van der Waals surface area contributed by atoms with Gasteiger partial charge in [-0.05, 0) is 41.0 Å². The van der Waals surface area contributed by atoms with Crippen molar-refractivity contribution in [1.82, 2.24) is 4.98 Å². The first-order valence-electron chi connectivity index (χ1n) is 8.90. The van der Waals surface area contributed by atoms with Crippen LogP contribution in [0.5, 0.6) is 11.5 Å². The number of hydrogen-bond donors (Lipinski definition) is 2. The van der Waals surface area contributed by atoms with Gasteiger partial charge in [-0.1, -0.05) is 54.6 Å². The first-order valence-corrected chi connectivity index (χ1v) is 8.90. The molecule has 5 rings (SSSR count). The molecule has 0 radical (unpaired) electrons. The van der Waals surface area contributed by atoms with Crippen molar-refractivity contribution in [2.24, 2.45) is 0 Å². The van der Waals surface area contributed by atoms with Crippen LogP contribution in [0.3, 0.4) is 0 Å². The van der Waals surface area contributed by atoms with E-state index >= 15 is 0 Å². The quantitative estimate of drug-likeness (QED) is 0.448. The van der Waals surface area contributed by atoms with Crippen LogP contribution in [-0.2, 0) is 6.42 Å². The number of nitrogens with zero attached hydrogens (tertiary/aromatic N) is 1. The van der Waals surface area contributed by atoms with Crippen LogP contribution in [0, 0.1) is 0 Å². The number of phenolic OH excluding ortho intramolecular Hbond substituents is 2. The molecule has 2 N–H and O–H groups in total. The summed E-state index contributed by atoms with van der Waals surface area (Å²) in [6, 6.07) is 25.0. The van der Waals surface area contributed by atoms with E-state index in [0.717, 1.165) is 44.8 Å². The smallest absolute Gasteiger partial charge is 0.119 e. The minimum atomic E-state index is 0.217. The number of pyridine rings is 1. The lowest BCUT2D eigenvalue weighted by Gasteiger charge is -2.12. The van der Waals surface area contributed by atoms with Gasteiger partial charge in [0, 0.05) is 23.1 Å². The molecule has 0 aliphatic heterocycles. The first kappa shape index (κ1) is 15.6. The highest BCUT2D eigenvalue weighted by Crippen LogP contribution is 2.45. The maximum absolute atomic E-state index is 10.3. The molecule has 1 aliphatic carbocycles. The molecule has 130 valence electrons. The Morgan fingerprint density at radius 2 is 1.44 bits per heavy atom. The third-order valence-electron chi connectivity index (χ3n) is 5.11. The molecule has 3 heteroatoms. The van der Waals surface area contributed by atoms with E-state index in [0.29, 0.717) is 12.2 Å². The normalized spacial score (nSPS) is 11.9. The fourth-order valence-corrected chi connectivity index (χ4v) is 3.82. The van der Waals surface area contributed by atoms with E-state index in [4.69, 9.17) is 4.98 Å². The van der Waals surface area contributed by atoms with Crippen LogP contribution in [0.4, 0.5) is 0 Å². The molecule has 0 spiro atoms. The molecule has 3 nitrogen and oxygen atoms in total. The number of aromatic hydroxyl groups is 2. The van der Waals surface area contributed by atoms with Crippen molar-refractivity contribution < 1.29 is 10.2 Å². The standard InChI is InChI=1S/C24H17NO2/c26-17-9-4-8-16(12-17)22-14-19(15-6-2-1-3-7-15)21-13-20-18(24(21)25-22)10-5-11-23(20)27/h1-12,14,26-27H,13H2.